The molecular formula is C27H26N2O5S. The molecule has 35 heavy (non-hydrogen) atoms. The van der Waals surface area contributed by atoms with Gasteiger partial charge >= 0.3 is 11.3 Å². The van der Waals surface area contributed by atoms with E-state index < -0.39 is 17.2 Å². The first-order valence-corrected chi connectivity index (χ1v) is 12.2. The summed E-state index contributed by atoms with van der Waals surface area (Å²) in [5, 5.41) is 3.13. The number of carbonyl (C=O) groups excluding carboxylic acids is 1. The van der Waals surface area contributed by atoms with E-state index >= 15 is 0 Å². The number of amides is 1. The highest BCUT2D eigenvalue weighted by molar-refractivity contribution is 7.99. The van der Waals surface area contributed by atoms with Crippen LogP contribution in [0.25, 0.3) is 11.2 Å². The molecule has 8 heteroatoms. The Morgan fingerprint density at radius 3 is 2.37 bits per heavy atom. The molecule has 1 atom stereocenters. The number of nitrogens with one attached hydrogen (secondary N) is 1. The van der Waals surface area contributed by atoms with Crippen molar-refractivity contribution in [2.24, 2.45) is 0 Å². The van der Waals surface area contributed by atoms with Crippen molar-refractivity contribution in [3.05, 3.63) is 105 Å². The van der Waals surface area contributed by atoms with Gasteiger partial charge in [0.2, 0.25) is 0 Å². The largest absolute Gasteiger partial charge is 0.423 e. The second kappa shape index (κ2) is 11.2. The van der Waals surface area contributed by atoms with Crippen molar-refractivity contribution in [2.45, 2.75) is 30.0 Å². The second-order valence-electron chi connectivity index (χ2n) is 8.09. The van der Waals surface area contributed by atoms with Crippen LogP contribution in [0, 0.1) is 0 Å². The van der Waals surface area contributed by atoms with Crippen LogP contribution < -0.4 is 16.6 Å². The van der Waals surface area contributed by atoms with Crippen molar-refractivity contribution in [2.75, 3.05) is 18.9 Å². The third-order valence-corrected chi connectivity index (χ3v) is 7.12. The minimum atomic E-state index is -1.15. The predicted molar refractivity (Wildman–Crippen MR) is 138 cm³/mol. The van der Waals surface area contributed by atoms with Crippen molar-refractivity contribution >= 4 is 34.5 Å². The quantitative estimate of drug-likeness (QED) is 0.200. The first-order chi connectivity index (χ1) is 16.9. The second-order valence-corrected chi connectivity index (χ2v) is 9.34. The van der Waals surface area contributed by atoms with Crippen molar-refractivity contribution < 1.29 is 13.6 Å². The molecule has 1 heterocycles. The molecule has 1 aromatic heterocycles. The average Bonchev–Trinajstić information content (AvgIpc) is 2.87. The Hall–Kier alpha value is -3.62. The zero-order valence-corrected chi connectivity index (χ0v) is 20.3. The molecule has 0 saturated carbocycles. The number of hydrogen-bond acceptors (Lipinski definition) is 7. The molecule has 180 valence electrons. The molecule has 0 radical (unpaired) electrons. The molecule has 0 aliphatic carbocycles. The molecule has 0 aliphatic heterocycles. The van der Waals surface area contributed by atoms with Gasteiger partial charge in [-0.05, 0) is 61.9 Å². The number of benzene rings is 3. The van der Waals surface area contributed by atoms with Crippen LogP contribution in [-0.2, 0) is 6.42 Å². The smallest absolute Gasteiger partial charge is 0.414 e. The fourth-order valence-corrected chi connectivity index (χ4v) is 4.77. The molecular weight excluding hydrogens is 464 g/mol. The summed E-state index contributed by atoms with van der Waals surface area (Å²) in [7, 11) is 2.14. The fraction of sp³-hybridized carbons (Fsp3) is 0.222. The number of nitrogens with zero attached hydrogens (tertiary/aromatic N) is 1. The van der Waals surface area contributed by atoms with Crippen molar-refractivity contribution in [3.8, 4) is 0 Å². The first kappa shape index (κ1) is 24.5. The van der Waals surface area contributed by atoms with Crippen LogP contribution in [0.4, 0.5) is 5.69 Å². The topological polar surface area (TPSA) is 92.8 Å². The summed E-state index contributed by atoms with van der Waals surface area (Å²) in [6.07, 6.45) is 1.99. The zero-order valence-electron chi connectivity index (χ0n) is 19.5. The summed E-state index contributed by atoms with van der Waals surface area (Å²) >= 11 is 1.78. The minimum Gasteiger partial charge on any atom is -0.414 e. The lowest BCUT2D eigenvalue weighted by Crippen LogP contribution is -2.30. The van der Waals surface area contributed by atoms with Gasteiger partial charge in [0.25, 0.3) is 5.91 Å². The first-order valence-electron chi connectivity index (χ1n) is 11.3. The molecule has 1 amide bonds. The Morgan fingerprint density at radius 2 is 1.66 bits per heavy atom. The molecule has 1 unspecified atom stereocenters. The molecule has 7 nitrogen and oxygen atoms in total. The molecule has 0 saturated heterocycles. The lowest BCUT2D eigenvalue weighted by molar-refractivity contribution is 0.102. The van der Waals surface area contributed by atoms with Gasteiger partial charge in [0.15, 0.2) is 11.2 Å². The van der Waals surface area contributed by atoms with Gasteiger partial charge in [0.05, 0.1) is 10.9 Å². The van der Waals surface area contributed by atoms with E-state index in [4.69, 9.17) is 8.83 Å². The summed E-state index contributed by atoms with van der Waals surface area (Å²) < 4.78 is 9.91. The maximum absolute atomic E-state index is 12.8. The van der Waals surface area contributed by atoms with E-state index in [1.165, 1.54) is 17.7 Å². The third kappa shape index (κ3) is 6.09. The van der Waals surface area contributed by atoms with Gasteiger partial charge in [-0.25, -0.2) is 9.59 Å². The number of hydrogen-bond donors (Lipinski definition) is 1. The molecule has 0 spiro atoms. The summed E-state index contributed by atoms with van der Waals surface area (Å²) in [5.41, 5.74) is -0.263. The normalized spacial score (nSPS) is 12.1. The lowest BCUT2D eigenvalue weighted by Gasteiger charge is -2.26. The van der Waals surface area contributed by atoms with Gasteiger partial charge in [0.1, 0.15) is 0 Å². The van der Waals surface area contributed by atoms with E-state index in [9.17, 15) is 14.4 Å². The van der Waals surface area contributed by atoms with E-state index in [-0.39, 0.29) is 16.7 Å². The van der Waals surface area contributed by atoms with Crippen molar-refractivity contribution in [1.82, 2.24) is 4.90 Å². The van der Waals surface area contributed by atoms with Crippen molar-refractivity contribution in [1.29, 1.82) is 0 Å². The zero-order chi connectivity index (χ0) is 24.8. The molecule has 0 fully saturated rings. The monoisotopic (exact) mass is 490 g/mol. The van der Waals surface area contributed by atoms with Gasteiger partial charge < -0.3 is 14.2 Å². The van der Waals surface area contributed by atoms with Crippen LogP contribution in [0.5, 0.6) is 0 Å². The molecule has 1 N–H and O–H groups in total. The van der Waals surface area contributed by atoms with Crippen LogP contribution in [0.15, 0.2) is 96.1 Å². The van der Waals surface area contributed by atoms with E-state index in [0.717, 1.165) is 24.3 Å². The van der Waals surface area contributed by atoms with Crippen molar-refractivity contribution in [3.63, 3.8) is 0 Å². The molecule has 0 bridgehead atoms. The third-order valence-electron chi connectivity index (χ3n) is 5.61. The lowest BCUT2D eigenvalue weighted by atomic mass is 10.1. The maximum Gasteiger partial charge on any atom is 0.423 e. The predicted octanol–water partition coefficient (Wildman–Crippen LogP) is 5.00. The van der Waals surface area contributed by atoms with E-state index in [1.54, 1.807) is 17.8 Å². The fourth-order valence-electron chi connectivity index (χ4n) is 3.71. The minimum absolute atomic E-state index is 0.0380. The average molecular weight is 491 g/mol. The summed E-state index contributed by atoms with van der Waals surface area (Å²) in [6.45, 7) is 3.14. The number of thioether (sulfide) groups is 1. The molecule has 4 rings (SSSR count). The number of para-hydroxylation sites is 1. The van der Waals surface area contributed by atoms with Crippen LogP contribution >= 0.6 is 11.8 Å². The number of fused-ring (bicyclic) bond motifs is 1. The highest BCUT2D eigenvalue weighted by Crippen LogP contribution is 2.29. The van der Waals surface area contributed by atoms with Gasteiger partial charge in [-0.2, -0.15) is 0 Å². The molecule has 3 aromatic carbocycles. The summed E-state index contributed by atoms with van der Waals surface area (Å²) in [5.74, 6) is -0.472. The van der Waals surface area contributed by atoms with Gasteiger partial charge in [-0.15, -0.1) is 11.8 Å². The van der Waals surface area contributed by atoms with Crippen LogP contribution in [0.1, 0.15) is 29.3 Å². The number of rotatable bonds is 9. The van der Waals surface area contributed by atoms with E-state index in [1.807, 2.05) is 30.3 Å². The SMILES string of the molecule is CCC(Sc1ccc(NC(=O)c2cccc3oc(=O)c(=O)oc23)cc1)N(C)CCc1ccccc1. The summed E-state index contributed by atoms with van der Waals surface area (Å²) in [6, 6.07) is 22.6. The summed E-state index contributed by atoms with van der Waals surface area (Å²) in [4.78, 5) is 39.2. The van der Waals surface area contributed by atoms with Gasteiger partial charge in [-0.1, -0.05) is 43.3 Å². The van der Waals surface area contributed by atoms with E-state index in [0.29, 0.717) is 11.1 Å². The number of carbonyl (C=O) groups is 1. The van der Waals surface area contributed by atoms with Crippen LogP contribution in [0.3, 0.4) is 0 Å². The van der Waals surface area contributed by atoms with Crippen LogP contribution in [-0.4, -0.2) is 29.8 Å². The molecule has 0 aliphatic rings. The Kier molecular flexibility index (Phi) is 7.84. The van der Waals surface area contributed by atoms with E-state index in [2.05, 4.69) is 48.5 Å². The van der Waals surface area contributed by atoms with Gasteiger partial charge in [0, 0.05) is 17.1 Å². The van der Waals surface area contributed by atoms with Crippen LogP contribution in [0.2, 0.25) is 0 Å². The Balaban J connectivity index is 1.40. The highest BCUT2D eigenvalue weighted by atomic mass is 32.2. The maximum atomic E-state index is 12.8. The Labute approximate surface area is 206 Å². The number of anilines is 1. The Bertz CT molecular complexity index is 1410. The van der Waals surface area contributed by atoms with Gasteiger partial charge in [-0.3, -0.25) is 9.69 Å². The number of likely N-dealkylation sites (N-methyl/N-ethyl adjacent to an activating group) is 1. The highest BCUT2D eigenvalue weighted by Gasteiger charge is 2.17. The Morgan fingerprint density at radius 1 is 0.943 bits per heavy atom. The molecule has 4 aromatic rings. The standard InChI is InChI=1S/C27H26N2O5S/c1-3-23(29(2)17-16-18-8-5-4-6-9-18)35-20-14-12-19(13-15-20)28-25(30)21-10-7-11-22-24(21)34-27(32)26(31)33-22/h4-15,23H,3,16-17H2,1-2H3,(H,28,30).